The summed E-state index contributed by atoms with van der Waals surface area (Å²) < 4.78 is 27.6. The summed E-state index contributed by atoms with van der Waals surface area (Å²) in [4.78, 5) is 0.927. The molecule has 0 aliphatic heterocycles. The van der Waals surface area contributed by atoms with Crippen LogP contribution >= 0.6 is 11.3 Å². The van der Waals surface area contributed by atoms with Gasteiger partial charge in [-0.1, -0.05) is 30.3 Å². The van der Waals surface area contributed by atoms with Crippen molar-refractivity contribution >= 4 is 21.4 Å². The summed E-state index contributed by atoms with van der Waals surface area (Å²) in [7, 11) is -3.65. The van der Waals surface area contributed by atoms with Crippen molar-refractivity contribution in [1.82, 2.24) is 4.72 Å². The number of aliphatic hydroxyl groups is 1. The van der Waals surface area contributed by atoms with Gasteiger partial charge in [0.25, 0.3) is 10.0 Å². The lowest BCUT2D eigenvalue weighted by atomic mass is 9.94. The highest BCUT2D eigenvalue weighted by Gasteiger charge is 2.32. The zero-order valence-corrected chi connectivity index (χ0v) is 13.0. The van der Waals surface area contributed by atoms with Crippen molar-refractivity contribution in [3.05, 3.63) is 52.9 Å². The summed E-state index contributed by atoms with van der Waals surface area (Å²) in [5, 5.41) is 9.63. The molecule has 0 spiro atoms. The number of hydrogen-bond acceptors (Lipinski definition) is 4. The molecule has 2 aromatic rings. The minimum absolute atomic E-state index is 0.255. The SMILES string of the molecule is Cc1ccc(S(=O)(=O)NC(C)(CO)c2ccccc2)s1. The monoisotopic (exact) mass is 311 g/mol. The Bertz CT molecular complexity index is 679. The first-order chi connectivity index (χ1) is 9.37. The van der Waals surface area contributed by atoms with E-state index in [1.807, 2.05) is 25.1 Å². The molecule has 4 nitrogen and oxygen atoms in total. The van der Waals surface area contributed by atoms with Crippen molar-refractivity contribution < 1.29 is 13.5 Å². The van der Waals surface area contributed by atoms with Gasteiger partial charge in [-0.15, -0.1) is 11.3 Å². The number of nitrogens with one attached hydrogen (secondary N) is 1. The van der Waals surface area contributed by atoms with Crippen molar-refractivity contribution in [1.29, 1.82) is 0 Å². The standard InChI is InChI=1S/C14H17NO3S2/c1-11-8-9-13(19-11)20(17,18)15-14(2,10-16)12-6-4-3-5-7-12/h3-9,15-16H,10H2,1-2H3. The highest BCUT2D eigenvalue weighted by molar-refractivity contribution is 7.91. The van der Waals surface area contributed by atoms with E-state index in [4.69, 9.17) is 0 Å². The van der Waals surface area contributed by atoms with Gasteiger partial charge in [0.2, 0.25) is 0 Å². The molecule has 0 aliphatic carbocycles. The highest BCUT2D eigenvalue weighted by atomic mass is 32.2. The highest BCUT2D eigenvalue weighted by Crippen LogP contribution is 2.26. The molecule has 0 saturated carbocycles. The average Bonchev–Trinajstić information content (AvgIpc) is 2.87. The minimum atomic E-state index is -3.65. The zero-order valence-electron chi connectivity index (χ0n) is 11.3. The molecule has 108 valence electrons. The predicted octanol–water partition coefficient (Wildman–Crippen LogP) is 2.24. The van der Waals surface area contributed by atoms with Gasteiger partial charge < -0.3 is 5.11 Å². The first kappa shape index (κ1) is 15.2. The first-order valence-electron chi connectivity index (χ1n) is 6.14. The van der Waals surface area contributed by atoms with Crippen molar-refractivity contribution in [2.24, 2.45) is 0 Å². The average molecular weight is 311 g/mol. The van der Waals surface area contributed by atoms with Crippen molar-refractivity contribution in [3.8, 4) is 0 Å². The lowest BCUT2D eigenvalue weighted by molar-refractivity contribution is 0.196. The third-order valence-electron chi connectivity index (χ3n) is 3.07. The first-order valence-corrected chi connectivity index (χ1v) is 8.44. The van der Waals surface area contributed by atoms with Crippen LogP contribution in [0.4, 0.5) is 0 Å². The fraction of sp³-hybridized carbons (Fsp3) is 0.286. The van der Waals surface area contributed by atoms with Crippen LogP contribution in [0.15, 0.2) is 46.7 Å². The second-order valence-corrected chi connectivity index (χ2v) is 8.02. The molecule has 0 saturated heterocycles. The van der Waals surface area contributed by atoms with Gasteiger partial charge in [-0.3, -0.25) is 0 Å². The number of thiophene rings is 1. The van der Waals surface area contributed by atoms with E-state index in [0.29, 0.717) is 0 Å². The second kappa shape index (κ2) is 5.65. The number of aryl methyl sites for hydroxylation is 1. The van der Waals surface area contributed by atoms with Crippen LogP contribution in [0, 0.1) is 6.92 Å². The number of rotatable bonds is 5. The van der Waals surface area contributed by atoms with Crippen LogP contribution in [0.3, 0.4) is 0 Å². The molecule has 1 aromatic heterocycles. The Balaban J connectivity index is 2.35. The molecule has 0 aliphatic rings. The molecule has 1 atom stereocenters. The van der Waals surface area contributed by atoms with Crippen LogP contribution < -0.4 is 4.72 Å². The maximum atomic E-state index is 12.4. The van der Waals surface area contributed by atoms with E-state index in [1.54, 1.807) is 31.2 Å². The smallest absolute Gasteiger partial charge is 0.250 e. The number of benzene rings is 1. The summed E-state index contributed by atoms with van der Waals surface area (Å²) in [5.41, 5.74) is -0.322. The molecular weight excluding hydrogens is 294 g/mol. The van der Waals surface area contributed by atoms with Gasteiger partial charge in [0.15, 0.2) is 0 Å². The summed E-state index contributed by atoms with van der Waals surface area (Å²) in [6, 6.07) is 12.4. The van der Waals surface area contributed by atoms with E-state index < -0.39 is 15.6 Å². The molecule has 2 rings (SSSR count). The van der Waals surface area contributed by atoms with Crippen LogP contribution in [-0.4, -0.2) is 20.1 Å². The maximum absolute atomic E-state index is 12.4. The Kier molecular flexibility index (Phi) is 4.29. The third kappa shape index (κ3) is 3.09. The molecular formula is C14H17NO3S2. The van der Waals surface area contributed by atoms with Crippen molar-refractivity contribution in [2.75, 3.05) is 6.61 Å². The molecule has 1 aromatic carbocycles. The fourth-order valence-corrected chi connectivity index (χ4v) is 4.56. The third-order valence-corrected chi connectivity index (χ3v) is 6.16. The van der Waals surface area contributed by atoms with E-state index in [9.17, 15) is 13.5 Å². The molecule has 6 heteroatoms. The Morgan fingerprint density at radius 1 is 1.20 bits per heavy atom. The van der Waals surface area contributed by atoms with Gasteiger partial charge in [0.1, 0.15) is 4.21 Å². The van der Waals surface area contributed by atoms with E-state index >= 15 is 0 Å². The topological polar surface area (TPSA) is 66.4 Å². The van der Waals surface area contributed by atoms with Gasteiger partial charge in [0.05, 0.1) is 12.1 Å². The largest absolute Gasteiger partial charge is 0.394 e. The predicted molar refractivity (Wildman–Crippen MR) is 80.3 cm³/mol. The van der Waals surface area contributed by atoms with Gasteiger partial charge in [-0.25, -0.2) is 8.42 Å². The van der Waals surface area contributed by atoms with E-state index in [2.05, 4.69) is 4.72 Å². The van der Waals surface area contributed by atoms with Gasteiger partial charge in [0, 0.05) is 4.88 Å². The van der Waals surface area contributed by atoms with Crippen LogP contribution in [-0.2, 0) is 15.6 Å². The molecule has 0 amide bonds. The van der Waals surface area contributed by atoms with E-state index in [-0.39, 0.29) is 10.8 Å². The quantitative estimate of drug-likeness (QED) is 0.890. The normalized spacial score (nSPS) is 14.9. The zero-order chi connectivity index (χ0) is 14.8. The van der Waals surface area contributed by atoms with Gasteiger partial charge in [-0.05, 0) is 31.5 Å². The van der Waals surface area contributed by atoms with Gasteiger partial charge >= 0.3 is 0 Å². The fourth-order valence-electron chi connectivity index (χ4n) is 1.89. The molecule has 1 unspecified atom stereocenters. The summed E-state index contributed by atoms with van der Waals surface area (Å²) in [5.74, 6) is 0. The molecule has 20 heavy (non-hydrogen) atoms. The van der Waals surface area contributed by atoms with Crippen LogP contribution in [0.2, 0.25) is 0 Å². The van der Waals surface area contributed by atoms with E-state index in [1.165, 1.54) is 11.3 Å². The molecule has 0 fully saturated rings. The molecule has 0 radical (unpaired) electrons. The lowest BCUT2D eigenvalue weighted by Crippen LogP contribution is -2.45. The summed E-state index contributed by atoms with van der Waals surface area (Å²) in [6.45, 7) is 3.20. The Hall–Kier alpha value is -1.21. The minimum Gasteiger partial charge on any atom is -0.394 e. The molecule has 1 heterocycles. The number of aliphatic hydroxyl groups excluding tert-OH is 1. The van der Waals surface area contributed by atoms with Crippen molar-refractivity contribution in [3.63, 3.8) is 0 Å². The van der Waals surface area contributed by atoms with Gasteiger partial charge in [-0.2, -0.15) is 4.72 Å². The Labute approximate surface area is 123 Å². The molecule has 2 N–H and O–H groups in total. The van der Waals surface area contributed by atoms with Crippen LogP contribution in [0.25, 0.3) is 0 Å². The maximum Gasteiger partial charge on any atom is 0.250 e. The van der Waals surface area contributed by atoms with Crippen molar-refractivity contribution in [2.45, 2.75) is 23.6 Å². The number of sulfonamides is 1. The molecule has 0 bridgehead atoms. The number of hydrogen-bond donors (Lipinski definition) is 2. The Morgan fingerprint density at radius 2 is 1.85 bits per heavy atom. The van der Waals surface area contributed by atoms with E-state index in [0.717, 1.165) is 10.4 Å². The Morgan fingerprint density at radius 3 is 2.35 bits per heavy atom. The summed E-state index contributed by atoms with van der Waals surface area (Å²) in [6.07, 6.45) is 0. The summed E-state index contributed by atoms with van der Waals surface area (Å²) >= 11 is 1.21. The van der Waals surface area contributed by atoms with Crippen LogP contribution in [0.5, 0.6) is 0 Å². The van der Waals surface area contributed by atoms with Crippen LogP contribution in [0.1, 0.15) is 17.4 Å². The second-order valence-electron chi connectivity index (χ2n) is 4.83. The lowest BCUT2D eigenvalue weighted by Gasteiger charge is -2.28.